The van der Waals surface area contributed by atoms with E-state index >= 15 is 0 Å². The van der Waals surface area contributed by atoms with Crippen LogP contribution in [0.25, 0.3) is 0 Å². The van der Waals surface area contributed by atoms with Gasteiger partial charge in [0.1, 0.15) is 5.69 Å². The Bertz CT molecular complexity index is 673. The van der Waals surface area contributed by atoms with Gasteiger partial charge in [-0.15, -0.1) is 0 Å². The molecule has 0 atom stereocenters. The molecule has 2 rings (SSSR count). The summed E-state index contributed by atoms with van der Waals surface area (Å²) in [6.07, 6.45) is 2.93. The quantitative estimate of drug-likeness (QED) is 0.712. The normalized spacial score (nSPS) is 10.5. The van der Waals surface area contributed by atoms with Crippen molar-refractivity contribution in [1.29, 1.82) is 0 Å². The number of anilines is 2. The Balaban J connectivity index is 2.44. The molecular formula is C17H20BrN3O. The zero-order valence-corrected chi connectivity index (χ0v) is 14.7. The highest BCUT2D eigenvalue weighted by atomic mass is 79.9. The molecule has 4 nitrogen and oxygen atoms in total. The third kappa shape index (κ3) is 3.71. The summed E-state index contributed by atoms with van der Waals surface area (Å²) in [6.45, 7) is 6.79. The van der Waals surface area contributed by atoms with Gasteiger partial charge in [0, 0.05) is 16.7 Å². The molecule has 0 unspecified atom stereocenters. The van der Waals surface area contributed by atoms with Crippen LogP contribution in [0.2, 0.25) is 0 Å². The minimum atomic E-state index is 0.402. The SMILES string of the molecule is CCCc1ccc(N(CC)c2nc(C)cc(C=O)n2)c(Br)c1. The van der Waals surface area contributed by atoms with E-state index in [9.17, 15) is 4.79 Å². The van der Waals surface area contributed by atoms with Crippen LogP contribution < -0.4 is 4.90 Å². The third-order valence-corrected chi connectivity index (χ3v) is 4.02. The van der Waals surface area contributed by atoms with Crippen molar-refractivity contribution in [3.8, 4) is 0 Å². The molecule has 1 aromatic carbocycles. The van der Waals surface area contributed by atoms with Gasteiger partial charge in [0.15, 0.2) is 6.29 Å². The molecule has 5 heteroatoms. The van der Waals surface area contributed by atoms with Crippen molar-refractivity contribution in [2.75, 3.05) is 11.4 Å². The largest absolute Gasteiger partial charge is 0.310 e. The fraction of sp³-hybridized carbons (Fsp3) is 0.353. The maximum absolute atomic E-state index is 11.0. The van der Waals surface area contributed by atoms with Crippen LogP contribution in [0.4, 0.5) is 11.6 Å². The van der Waals surface area contributed by atoms with Gasteiger partial charge in [0.25, 0.3) is 0 Å². The molecule has 0 N–H and O–H groups in total. The Morgan fingerprint density at radius 2 is 2.00 bits per heavy atom. The lowest BCUT2D eigenvalue weighted by molar-refractivity contribution is 0.111. The number of halogens is 1. The molecule has 0 fully saturated rings. The van der Waals surface area contributed by atoms with E-state index in [1.807, 2.05) is 18.7 Å². The molecule has 0 saturated heterocycles. The van der Waals surface area contributed by atoms with Gasteiger partial charge in [-0.25, -0.2) is 9.97 Å². The summed E-state index contributed by atoms with van der Waals surface area (Å²) < 4.78 is 1.01. The molecule has 2 aromatic rings. The van der Waals surface area contributed by atoms with Gasteiger partial charge >= 0.3 is 0 Å². The van der Waals surface area contributed by atoms with E-state index in [-0.39, 0.29) is 0 Å². The molecule has 0 radical (unpaired) electrons. The van der Waals surface area contributed by atoms with Crippen molar-refractivity contribution in [2.24, 2.45) is 0 Å². The summed E-state index contributed by atoms with van der Waals surface area (Å²) in [4.78, 5) is 21.8. The van der Waals surface area contributed by atoms with Crippen LogP contribution in [0.3, 0.4) is 0 Å². The summed E-state index contributed by atoms with van der Waals surface area (Å²) in [7, 11) is 0. The van der Waals surface area contributed by atoms with Gasteiger partial charge in [-0.2, -0.15) is 0 Å². The van der Waals surface area contributed by atoms with E-state index in [2.05, 4.69) is 51.0 Å². The van der Waals surface area contributed by atoms with Crippen LogP contribution in [0.15, 0.2) is 28.7 Å². The average molecular weight is 362 g/mol. The molecule has 1 heterocycles. The first-order valence-electron chi connectivity index (χ1n) is 7.45. The topological polar surface area (TPSA) is 46.1 Å². The van der Waals surface area contributed by atoms with Crippen molar-refractivity contribution in [2.45, 2.75) is 33.6 Å². The Morgan fingerprint density at radius 3 is 2.59 bits per heavy atom. The van der Waals surface area contributed by atoms with Crippen LogP contribution in [-0.4, -0.2) is 22.8 Å². The summed E-state index contributed by atoms with van der Waals surface area (Å²) in [5.41, 5.74) is 3.49. The second-order valence-corrected chi connectivity index (χ2v) is 5.99. The lowest BCUT2D eigenvalue weighted by atomic mass is 10.1. The Hall–Kier alpha value is -1.75. The predicted molar refractivity (Wildman–Crippen MR) is 93.0 cm³/mol. The second-order valence-electron chi connectivity index (χ2n) is 5.13. The molecule has 0 saturated carbocycles. The van der Waals surface area contributed by atoms with E-state index in [4.69, 9.17) is 0 Å². The van der Waals surface area contributed by atoms with E-state index in [0.717, 1.165) is 35.0 Å². The van der Waals surface area contributed by atoms with Gasteiger partial charge in [-0.3, -0.25) is 4.79 Å². The molecule has 0 aliphatic rings. The van der Waals surface area contributed by atoms with Crippen molar-refractivity contribution >= 4 is 33.9 Å². The van der Waals surface area contributed by atoms with Gasteiger partial charge in [-0.05, 0) is 60.0 Å². The first-order chi connectivity index (χ1) is 10.6. The van der Waals surface area contributed by atoms with E-state index in [1.54, 1.807) is 6.07 Å². The number of rotatable bonds is 6. The molecule has 1 aromatic heterocycles. The molecular weight excluding hydrogens is 342 g/mol. The Labute approximate surface area is 139 Å². The van der Waals surface area contributed by atoms with Gasteiger partial charge in [0.2, 0.25) is 5.95 Å². The van der Waals surface area contributed by atoms with E-state index in [0.29, 0.717) is 18.2 Å². The number of carbonyl (C=O) groups is 1. The maximum atomic E-state index is 11.0. The Kier molecular flexibility index (Phi) is 5.66. The zero-order valence-electron chi connectivity index (χ0n) is 13.1. The lowest BCUT2D eigenvalue weighted by Crippen LogP contribution is -2.20. The first kappa shape index (κ1) is 16.6. The zero-order chi connectivity index (χ0) is 16.1. The van der Waals surface area contributed by atoms with Gasteiger partial charge in [0.05, 0.1) is 5.69 Å². The maximum Gasteiger partial charge on any atom is 0.230 e. The van der Waals surface area contributed by atoms with Crippen LogP contribution in [-0.2, 0) is 6.42 Å². The molecule has 0 aliphatic carbocycles. The average Bonchev–Trinajstić information content (AvgIpc) is 2.50. The minimum absolute atomic E-state index is 0.402. The summed E-state index contributed by atoms with van der Waals surface area (Å²) in [6, 6.07) is 8.02. The number of hydrogen-bond donors (Lipinski definition) is 0. The van der Waals surface area contributed by atoms with E-state index < -0.39 is 0 Å². The molecule has 116 valence electrons. The molecule has 22 heavy (non-hydrogen) atoms. The number of aldehydes is 1. The minimum Gasteiger partial charge on any atom is -0.310 e. The number of hydrogen-bond acceptors (Lipinski definition) is 4. The number of benzene rings is 1. The smallest absolute Gasteiger partial charge is 0.230 e. The third-order valence-electron chi connectivity index (χ3n) is 3.38. The second kappa shape index (κ2) is 7.49. The molecule has 0 aliphatic heterocycles. The van der Waals surface area contributed by atoms with Crippen molar-refractivity contribution in [3.63, 3.8) is 0 Å². The van der Waals surface area contributed by atoms with Crippen LogP contribution in [0, 0.1) is 6.92 Å². The highest BCUT2D eigenvalue weighted by Crippen LogP contribution is 2.31. The lowest BCUT2D eigenvalue weighted by Gasteiger charge is -2.23. The van der Waals surface area contributed by atoms with Crippen LogP contribution >= 0.6 is 15.9 Å². The van der Waals surface area contributed by atoms with E-state index in [1.165, 1.54) is 5.56 Å². The fourth-order valence-electron chi connectivity index (χ4n) is 2.39. The monoisotopic (exact) mass is 361 g/mol. The van der Waals surface area contributed by atoms with Crippen molar-refractivity contribution in [3.05, 3.63) is 45.7 Å². The predicted octanol–water partition coefficient (Wildman–Crippen LogP) is 4.47. The highest BCUT2D eigenvalue weighted by molar-refractivity contribution is 9.10. The first-order valence-corrected chi connectivity index (χ1v) is 8.25. The summed E-state index contributed by atoms with van der Waals surface area (Å²) in [5.74, 6) is 0.550. The molecule has 0 bridgehead atoms. The summed E-state index contributed by atoms with van der Waals surface area (Å²) >= 11 is 3.64. The van der Waals surface area contributed by atoms with Gasteiger partial charge < -0.3 is 4.90 Å². The summed E-state index contributed by atoms with van der Waals surface area (Å²) in [5, 5.41) is 0. The number of nitrogens with zero attached hydrogens (tertiary/aromatic N) is 3. The van der Waals surface area contributed by atoms with Gasteiger partial charge in [-0.1, -0.05) is 19.4 Å². The van der Waals surface area contributed by atoms with Crippen molar-refractivity contribution in [1.82, 2.24) is 9.97 Å². The van der Waals surface area contributed by atoms with Crippen LogP contribution in [0.1, 0.15) is 42.0 Å². The highest BCUT2D eigenvalue weighted by Gasteiger charge is 2.15. The number of aromatic nitrogens is 2. The Morgan fingerprint density at radius 1 is 1.23 bits per heavy atom. The van der Waals surface area contributed by atoms with Crippen LogP contribution in [0.5, 0.6) is 0 Å². The van der Waals surface area contributed by atoms with Crippen molar-refractivity contribution < 1.29 is 4.79 Å². The molecule has 0 spiro atoms. The fourth-order valence-corrected chi connectivity index (χ4v) is 3.03. The standard InChI is InChI=1S/C17H20BrN3O/c1-4-6-13-7-8-16(15(18)10-13)21(5-2)17-19-12(3)9-14(11-22)20-17/h7-11H,4-6H2,1-3H3. The number of carbonyl (C=O) groups excluding carboxylic acids is 1. The number of aryl methyl sites for hydroxylation is 2. The molecule has 0 amide bonds.